The van der Waals surface area contributed by atoms with Gasteiger partial charge in [-0.1, -0.05) is 0 Å². The smallest absolute Gasteiger partial charge is 0.272 e. The monoisotopic (exact) mass is 353 g/mol. The number of benzene rings is 1. The Morgan fingerprint density at radius 3 is 2.77 bits per heavy atom. The highest BCUT2D eigenvalue weighted by atomic mass is 16.6. The van der Waals surface area contributed by atoms with E-state index >= 15 is 0 Å². The van der Waals surface area contributed by atoms with Gasteiger partial charge in [-0.25, -0.2) is 5.43 Å². The summed E-state index contributed by atoms with van der Waals surface area (Å²) in [5.41, 5.74) is 4.30. The lowest BCUT2D eigenvalue weighted by atomic mass is 10.1. The van der Waals surface area contributed by atoms with Gasteiger partial charge in [-0.05, 0) is 37.5 Å². The molecule has 26 heavy (non-hydrogen) atoms. The topological polar surface area (TPSA) is 101 Å². The first-order valence-corrected chi connectivity index (χ1v) is 8.42. The van der Waals surface area contributed by atoms with Crippen molar-refractivity contribution in [2.45, 2.75) is 19.3 Å². The molecule has 1 N–H and O–H groups in total. The molecular formula is C18H19N5O3. The van der Waals surface area contributed by atoms with E-state index in [1.54, 1.807) is 24.4 Å². The number of nitro benzene ring substituents is 1. The number of anilines is 1. The number of piperidine rings is 1. The molecule has 8 heteroatoms. The Kier molecular flexibility index (Phi) is 5.52. The summed E-state index contributed by atoms with van der Waals surface area (Å²) in [6, 6.07) is 8.00. The van der Waals surface area contributed by atoms with Gasteiger partial charge in [0.2, 0.25) is 0 Å². The highest BCUT2D eigenvalue weighted by Crippen LogP contribution is 2.26. The van der Waals surface area contributed by atoms with Gasteiger partial charge in [-0.3, -0.25) is 19.9 Å². The van der Waals surface area contributed by atoms with Crippen molar-refractivity contribution in [1.82, 2.24) is 10.4 Å². The molecule has 1 fully saturated rings. The summed E-state index contributed by atoms with van der Waals surface area (Å²) in [5.74, 6) is -0.390. The van der Waals surface area contributed by atoms with Crippen LogP contribution in [-0.4, -0.2) is 35.1 Å². The van der Waals surface area contributed by atoms with Crippen LogP contribution in [-0.2, 0) is 0 Å². The lowest BCUT2D eigenvalue weighted by Gasteiger charge is -2.29. The Morgan fingerprint density at radius 2 is 2.08 bits per heavy atom. The second-order valence-electron chi connectivity index (χ2n) is 5.99. The van der Waals surface area contributed by atoms with Crippen LogP contribution in [0.3, 0.4) is 0 Å². The average Bonchev–Trinajstić information content (AvgIpc) is 2.69. The minimum absolute atomic E-state index is 0.00852. The molecule has 0 radical (unpaired) electrons. The number of aromatic nitrogens is 1. The Labute approximate surface area is 150 Å². The van der Waals surface area contributed by atoms with Gasteiger partial charge in [0.25, 0.3) is 11.6 Å². The van der Waals surface area contributed by atoms with Crippen molar-refractivity contribution >= 4 is 23.5 Å². The van der Waals surface area contributed by atoms with Crippen LogP contribution >= 0.6 is 0 Å². The molecule has 1 aromatic carbocycles. The molecule has 2 aromatic rings. The Balaban J connectivity index is 1.80. The lowest BCUT2D eigenvalue weighted by molar-refractivity contribution is -0.384. The molecular weight excluding hydrogens is 334 g/mol. The molecule has 0 bridgehead atoms. The third-order valence-corrected chi connectivity index (χ3v) is 4.21. The van der Waals surface area contributed by atoms with E-state index in [2.05, 4.69) is 20.4 Å². The first-order chi connectivity index (χ1) is 12.6. The number of pyridine rings is 1. The zero-order chi connectivity index (χ0) is 18.4. The van der Waals surface area contributed by atoms with E-state index < -0.39 is 4.92 Å². The van der Waals surface area contributed by atoms with E-state index in [-0.39, 0.29) is 11.6 Å². The number of hydrogen-bond donors (Lipinski definition) is 1. The zero-order valence-corrected chi connectivity index (χ0v) is 14.2. The van der Waals surface area contributed by atoms with Gasteiger partial charge < -0.3 is 4.90 Å². The van der Waals surface area contributed by atoms with Gasteiger partial charge >= 0.3 is 0 Å². The van der Waals surface area contributed by atoms with Gasteiger partial charge in [-0.2, -0.15) is 5.10 Å². The molecule has 134 valence electrons. The van der Waals surface area contributed by atoms with E-state index in [1.807, 2.05) is 0 Å². The number of carbonyl (C=O) groups is 1. The molecule has 1 amide bonds. The Morgan fingerprint density at radius 1 is 1.27 bits per heavy atom. The molecule has 0 spiro atoms. The molecule has 0 unspecified atom stereocenters. The van der Waals surface area contributed by atoms with Crippen molar-refractivity contribution in [1.29, 1.82) is 0 Å². The molecule has 1 aliphatic heterocycles. The summed E-state index contributed by atoms with van der Waals surface area (Å²) in [6.45, 7) is 1.81. The standard InChI is InChI=1S/C18H19N5O3/c24-18(14-5-4-8-19-12-14)21-20-13-15-11-16(23(25)26)6-7-17(15)22-9-2-1-3-10-22/h4-8,11-13H,1-3,9-10H2,(H,21,24). The fourth-order valence-electron chi connectivity index (χ4n) is 2.90. The molecule has 2 heterocycles. The molecule has 0 aliphatic carbocycles. The number of hydrazone groups is 1. The zero-order valence-electron chi connectivity index (χ0n) is 14.2. The van der Waals surface area contributed by atoms with Crippen molar-refractivity contribution in [3.05, 3.63) is 64.0 Å². The van der Waals surface area contributed by atoms with E-state index in [0.717, 1.165) is 31.6 Å². The number of non-ortho nitro benzene ring substituents is 1. The molecule has 1 aromatic heterocycles. The van der Waals surface area contributed by atoms with Gasteiger partial charge in [0.15, 0.2) is 0 Å². The van der Waals surface area contributed by atoms with Crippen LogP contribution < -0.4 is 10.3 Å². The summed E-state index contributed by atoms with van der Waals surface area (Å²) in [4.78, 5) is 28.7. The quantitative estimate of drug-likeness (QED) is 0.506. The summed E-state index contributed by atoms with van der Waals surface area (Å²) >= 11 is 0. The highest BCUT2D eigenvalue weighted by molar-refractivity contribution is 5.95. The van der Waals surface area contributed by atoms with Crippen LogP contribution in [0.5, 0.6) is 0 Å². The second-order valence-corrected chi connectivity index (χ2v) is 5.99. The molecule has 8 nitrogen and oxygen atoms in total. The minimum Gasteiger partial charge on any atom is -0.371 e. The van der Waals surface area contributed by atoms with Crippen molar-refractivity contribution in [3.63, 3.8) is 0 Å². The number of nitro groups is 1. The molecule has 0 atom stereocenters. The van der Waals surface area contributed by atoms with Crippen molar-refractivity contribution in [2.24, 2.45) is 5.10 Å². The van der Waals surface area contributed by atoms with Crippen molar-refractivity contribution < 1.29 is 9.72 Å². The molecule has 1 aliphatic rings. The number of amides is 1. The van der Waals surface area contributed by atoms with Crippen molar-refractivity contribution in [2.75, 3.05) is 18.0 Å². The van der Waals surface area contributed by atoms with Crippen LogP contribution in [0.4, 0.5) is 11.4 Å². The fourth-order valence-corrected chi connectivity index (χ4v) is 2.90. The maximum atomic E-state index is 12.0. The lowest BCUT2D eigenvalue weighted by Crippen LogP contribution is -2.30. The third kappa shape index (κ3) is 4.21. The normalized spacial score (nSPS) is 14.4. The maximum Gasteiger partial charge on any atom is 0.272 e. The number of nitrogens with zero attached hydrogens (tertiary/aromatic N) is 4. The van der Waals surface area contributed by atoms with Gasteiger partial charge in [0.05, 0.1) is 16.7 Å². The minimum atomic E-state index is -0.439. The average molecular weight is 353 g/mol. The predicted molar refractivity (Wildman–Crippen MR) is 98.5 cm³/mol. The Bertz CT molecular complexity index is 817. The Hall–Kier alpha value is -3.29. The number of rotatable bonds is 5. The van der Waals surface area contributed by atoms with Crippen LogP contribution in [0.2, 0.25) is 0 Å². The van der Waals surface area contributed by atoms with E-state index in [4.69, 9.17) is 0 Å². The summed E-state index contributed by atoms with van der Waals surface area (Å²) in [5, 5.41) is 15.1. The number of carbonyl (C=O) groups excluding carboxylic acids is 1. The fraction of sp³-hybridized carbons (Fsp3) is 0.278. The molecule has 3 rings (SSSR count). The van der Waals surface area contributed by atoms with Crippen LogP contribution in [0.1, 0.15) is 35.2 Å². The molecule has 1 saturated heterocycles. The van der Waals surface area contributed by atoms with Crippen LogP contribution in [0.25, 0.3) is 0 Å². The largest absolute Gasteiger partial charge is 0.371 e. The molecule has 0 saturated carbocycles. The van der Waals surface area contributed by atoms with E-state index in [9.17, 15) is 14.9 Å². The second kappa shape index (κ2) is 8.19. The first-order valence-electron chi connectivity index (χ1n) is 8.42. The van der Waals surface area contributed by atoms with E-state index in [1.165, 1.54) is 31.0 Å². The number of hydrogen-bond acceptors (Lipinski definition) is 6. The van der Waals surface area contributed by atoms with E-state index in [0.29, 0.717) is 11.1 Å². The predicted octanol–water partition coefficient (Wildman–Crippen LogP) is 2.74. The first kappa shape index (κ1) is 17.5. The van der Waals surface area contributed by atoms with Gasteiger partial charge in [-0.15, -0.1) is 0 Å². The summed E-state index contributed by atoms with van der Waals surface area (Å²) in [7, 11) is 0. The van der Waals surface area contributed by atoms with Crippen LogP contribution in [0.15, 0.2) is 47.8 Å². The highest BCUT2D eigenvalue weighted by Gasteiger charge is 2.17. The SMILES string of the molecule is O=C(NN=Cc1cc([N+](=O)[O-])ccc1N1CCCCC1)c1cccnc1. The van der Waals surface area contributed by atoms with Gasteiger partial charge in [0.1, 0.15) is 0 Å². The van der Waals surface area contributed by atoms with Gasteiger partial charge in [0, 0.05) is 48.9 Å². The van der Waals surface area contributed by atoms with Crippen molar-refractivity contribution in [3.8, 4) is 0 Å². The summed E-state index contributed by atoms with van der Waals surface area (Å²) in [6.07, 6.45) is 7.83. The van der Waals surface area contributed by atoms with Crippen LogP contribution in [0, 0.1) is 10.1 Å². The number of nitrogens with one attached hydrogen (secondary N) is 1. The third-order valence-electron chi connectivity index (χ3n) is 4.21. The summed E-state index contributed by atoms with van der Waals surface area (Å²) < 4.78 is 0. The maximum absolute atomic E-state index is 12.0.